The van der Waals surface area contributed by atoms with E-state index >= 15 is 0 Å². The number of hydrogen-bond donors (Lipinski definition) is 0. The van der Waals surface area contributed by atoms with E-state index in [0.717, 1.165) is 16.3 Å². The van der Waals surface area contributed by atoms with Crippen molar-refractivity contribution in [3.8, 4) is 10.6 Å². The average molecular weight is 165 g/mol. The van der Waals surface area contributed by atoms with Crippen molar-refractivity contribution in [2.24, 2.45) is 0 Å². The highest BCUT2D eigenvalue weighted by Crippen LogP contribution is 2.24. The highest BCUT2D eigenvalue weighted by Gasteiger charge is 2.02. The number of furan rings is 1. The lowest BCUT2D eigenvalue weighted by atomic mass is 10.3. The van der Waals surface area contributed by atoms with Crippen molar-refractivity contribution in [2.75, 3.05) is 0 Å². The highest BCUT2D eigenvalue weighted by molar-refractivity contribution is 7.09. The van der Waals surface area contributed by atoms with Gasteiger partial charge in [0.2, 0.25) is 0 Å². The number of rotatable bonds is 1. The van der Waals surface area contributed by atoms with Crippen molar-refractivity contribution in [2.45, 2.75) is 6.92 Å². The highest BCUT2D eigenvalue weighted by atomic mass is 32.1. The van der Waals surface area contributed by atoms with Crippen LogP contribution in [0.4, 0.5) is 0 Å². The van der Waals surface area contributed by atoms with Crippen molar-refractivity contribution < 1.29 is 4.42 Å². The summed E-state index contributed by atoms with van der Waals surface area (Å²) in [6.07, 6.45) is 1.67. The fourth-order valence-corrected chi connectivity index (χ4v) is 1.62. The van der Waals surface area contributed by atoms with E-state index in [1.165, 1.54) is 11.5 Å². The molecule has 56 valence electrons. The Kier molecular flexibility index (Phi) is 1.51. The molecular formula is C8H7NOS. The van der Waals surface area contributed by atoms with Gasteiger partial charge < -0.3 is 4.42 Å². The molecule has 0 aromatic carbocycles. The summed E-state index contributed by atoms with van der Waals surface area (Å²) in [5, 5.41) is 0. The monoisotopic (exact) mass is 165 g/mol. The predicted molar refractivity (Wildman–Crippen MR) is 44.6 cm³/mol. The first kappa shape index (κ1) is 6.61. The number of nitrogens with zero attached hydrogens (tertiary/aromatic N) is 1. The predicted octanol–water partition coefficient (Wildman–Crippen LogP) is 2.71. The van der Waals surface area contributed by atoms with Crippen LogP contribution in [0.5, 0.6) is 0 Å². The third-order valence-electron chi connectivity index (χ3n) is 1.39. The largest absolute Gasteiger partial charge is 0.463 e. The maximum Gasteiger partial charge on any atom is 0.145 e. The topological polar surface area (TPSA) is 26.0 Å². The second-order valence-corrected chi connectivity index (χ2v) is 3.11. The summed E-state index contributed by atoms with van der Waals surface area (Å²) in [7, 11) is 0. The van der Waals surface area contributed by atoms with Crippen molar-refractivity contribution in [3.05, 3.63) is 30.2 Å². The van der Waals surface area contributed by atoms with Crippen LogP contribution in [0.25, 0.3) is 10.6 Å². The normalized spacial score (nSPS) is 10.3. The van der Waals surface area contributed by atoms with Gasteiger partial charge in [-0.1, -0.05) is 0 Å². The third kappa shape index (κ3) is 1.19. The van der Waals surface area contributed by atoms with E-state index in [0.29, 0.717) is 0 Å². The summed E-state index contributed by atoms with van der Waals surface area (Å²) in [4.78, 5) is 1.09. The van der Waals surface area contributed by atoms with E-state index in [9.17, 15) is 0 Å². The van der Waals surface area contributed by atoms with Gasteiger partial charge in [-0.25, -0.2) is 0 Å². The zero-order valence-corrected chi connectivity index (χ0v) is 6.89. The Balaban J connectivity index is 2.45. The quantitative estimate of drug-likeness (QED) is 0.649. The van der Waals surface area contributed by atoms with Crippen molar-refractivity contribution in [1.29, 1.82) is 0 Å². The van der Waals surface area contributed by atoms with Gasteiger partial charge in [0.05, 0.1) is 16.8 Å². The molecule has 2 heterocycles. The van der Waals surface area contributed by atoms with Gasteiger partial charge in [-0.3, -0.25) is 0 Å². The Hall–Kier alpha value is -1.09. The van der Waals surface area contributed by atoms with Gasteiger partial charge in [0, 0.05) is 0 Å². The lowest BCUT2D eigenvalue weighted by Crippen LogP contribution is -1.62. The summed E-state index contributed by atoms with van der Waals surface area (Å²) in [5.41, 5.74) is 1.04. The standard InChI is InChI=1S/C8H7NOS/c1-6-5-8(11-9-6)7-3-2-4-10-7/h2-5H,1H3. The van der Waals surface area contributed by atoms with E-state index in [4.69, 9.17) is 4.42 Å². The molecule has 2 nitrogen and oxygen atoms in total. The van der Waals surface area contributed by atoms with E-state index in [1.807, 2.05) is 25.1 Å². The van der Waals surface area contributed by atoms with Gasteiger partial charge in [-0.05, 0) is 36.7 Å². The first-order valence-electron chi connectivity index (χ1n) is 3.33. The van der Waals surface area contributed by atoms with Crippen LogP contribution < -0.4 is 0 Å². The maximum atomic E-state index is 5.20. The first-order chi connectivity index (χ1) is 5.36. The molecule has 0 fully saturated rings. The second-order valence-electron chi connectivity index (χ2n) is 2.31. The Labute approximate surface area is 68.6 Å². The third-order valence-corrected chi connectivity index (χ3v) is 2.29. The molecule has 3 heteroatoms. The van der Waals surface area contributed by atoms with Crippen LogP contribution in [0.15, 0.2) is 28.9 Å². The molecule has 2 aromatic rings. The molecule has 0 bridgehead atoms. The van der Waals surface area contributed by atoms with Crippen LogP contribution >= 0.6 is 11.5 Å². The SMILES string of the molecule is Cc1cc(-c2ccco2)sn1. The van der Waals surface area contributed by atoms with Crippen LogP contribution in [-0.2, 0) is 0 Å². The average Bonchev–Trinajstić information content (AvgIpc) is 2.55. The zero-order chi connectivity index (χ0) is 7.68. The molecule has 0 aliphatic rings. The lowest BCUT2D eigenvalue weighted by Gasteiger charge is -1.83. The molecule has 11 heavy (non-hydrogen) atoms. The summed E-state index contributed by atoms with van der Waals surface area (Å²) in [6.45, 7) is 1.98. The first-order valence-corrected chi connectivity index (χ1v) is 4.11. The summed E-state index contributed by atoms with van der Waals surface area (Å²) >= 11 is 1.46. The molecule has 0 saturated heterocycles. The molecule has 0 unspecified atom stereocenters. The zero-order valence-electron chi connectivity index (χ0n) is 6.07. The summed E-state index contributed by atoms with van der Waals surface area (Å²) in [6, 6.07) is 5.83. The maximum absolute atomic E-state index is 5.20. The second kappa shape index (κ2) is 2.51. The lowest BCUT2D eigenvalue weighted by molar-refractivity contribution is 0.584. The van der Waals surface area contributed by atoms with E-state index in [2.05, 4.69) is 4.37 Å². The van der Waals surface area contributed by atoms with Gasteiger partial charge >= 0.3 is 0 Å². The Morgan fingerprint density at radius 1 is 1.55 bits per heavy atom. The molecule has 0 N–H and O–H groups in total. The fraction of sp³-hybridized carbons (Fsp3) is 0.125. The van der Waals surface area contributed by atoms with Crippen LogP contribution in [0.1, 0.15) is 5.69 Å². The van der Waals surface area contributed by atoms with E-state index in [-0.39, 0.29) is 0 Å². The van der Waals surface area contributed by atoms with E-state index < -0.39 is 0 Å². The van der Waals surface area contributed by atoms with Crippen LogP contribution in [0, 0.1) is 6.92 Å². The molecule has 0 radical (unpaired) electrons. The van der Waals surface area contributed by atoms with Gasteiger partial charge in [-0.2, -0.15) is 4.37 Å². The Bertz CT molecular complexity index is 337. The van der Waals surface area contributed by atoms with Crippen molar-refractivity contribution >= 4 is 11.5 Å². The molecular weight excluding hydrogens is 158 g/mol. The minimum absolute atomic E-state index is 0.899. The van der Waals surface area contributed by atoms with Gasteiger partial charge in [0.25, 0.3) is 0 Å². The fourth-order valence-electron chi connectivity index (χ4n) is 0.898. The molecule has 0 amide bonds. The number of aromatic nitrogens is 1. The summed E-state index contributed by atoms with van der Waals surface area (Å²) < 4.78 is 9.36. The molecule has 2 aromatic heterocycles. The van der Waals surface area contributed by atoms with E-state index in [1.54, 1.807) is 6.26 Å². The molecule has 0 atom stereocenters. The van der Waals surface area contributed by atoms with Crippen LogP contribution in [-0.4, -0.2) is 4.37 Å². The number of hydrogen-bond acceptors (Lipinski definition) is 3. The minimum atomic E-state index is 0.899. The van der Waals surface area contributed by atoms with Crippen LogP contribution in [0.2, 0.25) is 0 Å². The molecule has 0 aliphatic heterocycles. The Morgan fingerprint density at radius 2 is 2.45 bits per heavy atom. The summed E-state index contributed by atoms with van der Waals surface area (Å²) in [5.74, 6) is 0.899. The minimum Gasteiger partial charge on any atom is -0.463 e. The van der Waals surface area contributed by atoms with Crippen LogP contribution in [0.3, 0.4) is 0 Å². The molecule has 0 aliphatic carbocycles. The van der Waals surface area contributed by atoms with Crippen molar-refractivity contribution in [3.63, 3.8) is 0 Å². The smallest absolute Gasteiger partial charge is 0.145 e. The number of aryl methyl sites for hydroxylation is 1. The Morgan fingerprint density at radius 3 is 3.00 bits per heavy atom. The van der Waals surface area contributed by atoms with Crippen molar-refractivity contribution in [1.82, 2.24) is 4.37 Å². The molecule has 0 saturated carbocycles. The van der Waals surface area contributed by atoms with Gasteiger partial charge in [0.1, 0.15) is 5.76 Å². The van der Waals surface area contributed by atoms with Gasteiger partial charge in [-0.15, -0.1) is 0 Å². The molecule has 0 spiro atoms. The molecule has 2 rings (SSSR count). The van der Waals surface area contributed by atoms with Gasteiger partial charge in [0.15, 0.2) is 0 Å².